The van der Waals surface area contributed by atoms with Gasteiger partial charge in [0.15, 0.2) is 0 Å². The highest BCUT2D eigenvalue weighted by Gasteiger charge is 2.31. The van der Waals surface area contributed by atoms with Crippen molar-refractivity contribution in [2.45, 2.75) is 12.6 Å². The normalized spacial score (nSPS) is 11.2. The molecule has 0 atom stereocenters. The maximum atomic E-state index is 12.3. The monoisotopic (exact) mass is 249 g/mol. The van der Waals surface area contributed by atoms with Crippen LogP contribution in [0.5, 0.6) is 0 Å². The maximum absolute atomic E-state index is 12.3. The van der Waals surface area contributed by atoms with E-state index in [4.69, 9.17) is 10.8 Å². The van der Waals surface area contributed by atoms with Crippen LogP contribution < -0.4 is 11.1 Å². The van der Waals surface area contributed by atoms with Gasteiger partial charge in [0.25, 0.3) is 0 Å². The first-order valence-electron chi connectivity index (χ1n) is 4.59. The number of nitrogens with two attached hydrogens (primary N) is 1. The molecule has 0 bridgehead atoms. The summed E-state index contributed by atoms with van der Waals surface area (Å²) >= 11 is 0. The van der Waals surface area contributed by atoms with Crippen molar-refractivity contribution in [3.8, 4) is 0 Å². The minimum atomic E-state index is -4.50. The molecule has 8 heteroatoms. The van der Waals surface area contributed by atoms with Crippen molar-refractivity contribution < 1.29 is 23.1 Å². The molecule has 1 aromatic rings. The van der Waals surface area contributed by atoms with Crippen LogP contribution in [0.25, 0.3) is 0 Å². The Balaban J connectivity index is 2.73. The zero-order valence-electron chi connectivity index (χ0n) is 8.58. The zero-order chi connectivity index (χ0) is 13.1. The van der Waals surface area contributed by atoms with Crippen LogP contribution in [0.15, 0.2) is 12.3 Å². The molecule has 1 aromatic heterocycles. The Bertz CT molecular complexity index is 420. The molecule has 0 saturated heterocycles. The SMILES string of the molecule is Nc1cc(C(F)(F)F)cnc1NCCC(=O)O. The van der Waals surface area contributed by atoms with Crippen LogP contribution in [0.2, 0.25) is 0 Å². The van der Waals surface area contributed by atoms with Gasteiger partial charge in [-0.1, -0.05) is 0 Å². The second-order valence-corrected chi connectivity index (χ2v) is 3.23. The van der Waals surface area contributed by atoms with Gasteiger partial charge in [-0.25, -0.2) is 4.98 Å². The molecule has 0 aromatic carbocycles. The summed E-state index contributed by atoms with van der Waals surface area (Å²) in [5.74, 6) is -0.984. The second-order valence-electron chi connectivity index (χ2n) is 3.23. The number of anilines is 2. The minimum absolute atomic E-state index is 0.0396. The molecule has 0 saturated carbocycles. The number of nitrogen functional groups attached to an aromatic ring is 1. The third-order valence-electron chi connectivity index (χ3n) is 1.88. The first kappa shape index (κ1) is 13.1. The standard InChI is InChI=1S/C9H10F3N3O2/c10-9(11,12)5-3-6(13)8(15-4-5)14-2-1-7(16)17/h3-4H,1-2,13H2,(H,14,15)(H,16,17). The van der Waals surface area contributed by atoms with Gasteiger partial charge in [-0.05, 0) is 6.07 Å². The van der Waals surface area contributed by atoms with Crippen LogP contribution in [-0.4, -0.2) is 22.6 Å². The molecule has 0 aliphatic carbocycles. The fourth-order valence-corrected chi connectivity index (χ4v) is 1.07. The van der Waals surface area contributed by atoms with Gasteiger partial charge in [-0.3, -0.25) is 4.79 Å². The van der Waals surface area contributed by atoms with Crippen molar-refractivity contribution >= 4 is 17.5 Å². The van der Waals surface area contributed by atoms with E-state index in [0.717, 1.165) is 6.07 Å². The van der Waals surface area contributed by atoms with Crippen LogP contribution in [0.1, 0.15) is 12.0 Å². The van der Waals surface area contributed by atoms with E-state index in [1.807, 2.05) is 0 Å². The van der Waals surface area contributed by atoms with E-state index in [0.29, 0.717) is 6.20 Å². The Morgan fingerprint density at radius 1 is 1.53 bits per heavy atom. The van der Waals surface area contributed by atoms with E-state index in [9.17, 15) is 18.0 Å². The predicted molar refractivity (Wildman–Crippen MR) is 54.4 cm³/mol. The van der Waals surface area contributed by atoms with Crippen molar-refractivity contribution in [3.63, 3.8) is 0 Å². The molecule has 1 heterocycles. The van der Waals surface area contributed by atoms with Gasteiger partial charge < -0.3 is 16.2 Å². The first-order valence-corrected chi connectivity index (χ1v) is 4.59. The predicted octanol–water partition coefficient (Wildman–Crippen LogP) is 1.57. The molecule has 4 N–H and O–H groups in total. The summed E-state index contributed by atoms with van der Waals surface area (Å²) in [6.45, 7) is 0.0396. The van der Waals surface area contributed by atoms with Gasteiger partial charge >= 0.3 is 12.1 Å². The second kappa shape index (κ2) is 4.89. The lowest BCUT2D eigenvalue weighted by Gasteiger charge is -2.10. The van der Waals surface area contributed by atoms with Crippen molar-refractivity contribution in [1.29, 1.82) is 0 Å². The van der Waals surface area contributed by atoms with Gasteiger partial charge in [0.2, 0.25) is 0 Å². The number of aromatic nitrogens is 1. The van der Waals surface area contributed by atoms with Crippen LogP contribution in [-0.2, 0) is 11.0 Å². The number of nitrogens with one attached hydrogen (secondary N) is 1. The smallest absolute Gasteiger partial charge is 0.417 e. The number of carboxylic acids is 1. The van der Waals surface area contributed by atoms with Crippen LogP contribution in [0.3, 0.4) is 0 Å². The number of carbonyl (C=O) groups is 1. The van der Waals surface area contributed by atoms with Crippen molar-refractivity contribution in [2.75, 3.05) is 17.6 Å². The molecule has 5 nitrogen and oxygen atoms in total. The van der Waals surface area contributed by atoms with Crippen molar-refractivity contribution in [1.82, 2.24) is 4.98 Å². The van der Waals surface area contributed by atoms with Gasteiger partial charge in [0, 0.05) is 12.7 Å². The molecular weight excluding hydrogens is 239 g/mol. The number of aliphatic carboxylic acids is 1. The molecule has 0 fully saturated rings. The van der Waals surface area contributed by atoms with Crippen LogP contribution >= 0.6 is 0 Å². The Morgan fingerprint density at radius 2 is 2.18 bits per heavy atom. The third kappa shape index (κ3) is 3.82. The molecule has 0 aliphatic rings. The fourth-order valence-electron chi connectivity index (χ4n) is 1.07. The van der Waals surface area contributed by atoms with Gasteiger partial charge in [-0.15, -0.1) is 0 Å². The number of halogens is 3. The van der Waals surface area contributed by atoms with E-state index in [2.05, 4.69) is 10.3 Å². The van der Waals surface area contributed by atoms with E-state index in [-0.39, 0.29) is 24.5 Å². The molecule has 1 rings (SSSR count). The summed E-state index contributed by atoms with van der Waals surface area (Å²) in [5, 5.41) is 10.9. The number of rotatable bonds is 4. The summed E-state index contributed by atoms with van der Waals surface area (Å²) in [6.07, 6.45) is -4.04. The van der Waals surface area contributed by atoms with E-state index in [1.165, 1.54) is 0 Å². The molecule has 0 aliphatic heterocycles. The van der Waals surface area contributed by atoms with Gasteiger partial charge in [-0.2, -0.15) is 13.2 Å². The summed E-state index contributed by atoms with van der Waals surface area (Å²) in [4.78, 5) is 13.7. The number of hydrogen-bond donors (Lipinski definition) is 3. The zero-order valence-corrected chi connectivity index (χ0v) is 8.58. The summed E-state index contributed by atoms with van der Waals surface area (Å²) in [5.41, 5.74) is 4.24. The van der Waals surface area contributed by atoms with E-state index < -0.39 is 17.7 Å². The minimum Gasteiger partial charge on any atom is -0.481 e. The lowest BCUT2D eigenvalue weighted by atomic mass is 10.2. The highest BCUT2D eigenvalue weighted by Crippen LogP contribution is 2.31. The van der Waals surface area contributed by atoms with Gasteiger partial charge in [0.1, 0.15) is 5.82 Å². The van der Waals surface area contributed by atoms with Crippen LogP contribution in [0, 0.1) is 0 Å². The van der Waals surface area contributed by atoms with E-state index in [1.54, 1.807) is 0 Å². The summed E-state index contributed by atoms with van der Waals surface area (Å²) in [6, 6.07) is 0.746. The number of carboxylic acid groups (broad SMARTS) is 1. The third-order valence-corrected chi connectivity index (χ3v) is 1.88. The average Bonchev–Trinajstić information content (AvgIpc) is 2.18. The fraction of sp³-hybridized carbons (Fsp3) is 0.333. The number of alkyl halides is 3. The quantitative estimate of drug-likeness (QED) is 0.753. The summed E-state index contributed by atoms with van der Waals surface area (Å²) < 4.78 is 36.8. The maximum Gasteiger partial charge on any atom is 0.417 e. The van der Waals surface area contributed by atoms with E-state index >= 15 is 0 Å². The molecular formula is C9H10F3N3O2. The largest absolute Gasteiger partial charge is 0.481 e. The molecule has 0 unspecified atom stereocenters. The number of nitrogens with zero attached hydrogens (tertiary/aromatic N) is 1. The highest BCUT2D eigenvalue weighted by molar-refractivity contribution is 5.68. The molecule has 0 amide bonds. The lowest BCUT2D eigenvalue weighted by Crippen LogP contribution is -2.12. The molecule has 94 valence electrons. The summed E-state index contributed by atoms with van der Waals surface area (Å²) in [7, 11) is 0. The highest BCUT2D eigenvalue weighted by atomic mass is 19.4. The van der Waals surface area contributed by atoms with Crippen molar-refractivity contribution in [3.05, 3.63) is 17.8 Å². The first-order chi connectivity index (χ1) is 7.80. The number of pyridine rings is 1. The molecule has 17 heavy (non-hydrogen) atoms. The average molecular weight is 249 g/mol. The Hall–Kier alpha value is -1.99. The number of hydrogen-bond acceptors (Lipinski definition) is 4. The van der Waals surface area contributed by atoms with Crippen LogP contribution in [0.4, 0.5) is 24.7 Å². The molecule has 0 spiro atoms. The van der Waals surface area contributed by atoms with Gasteiger partial charge in [0.05, 0.1) is 17.7 Å². The lowest BCUT2D eigenvalue weighted by molar-refractivity contribution is -0.138. The Morgan fingerprint density at radius 3 is 2.65 bits per heavy atom. The Kier molecular flexibility index (Phi) is 3.77. The topological polar surface area (TPSA) is 88.2 Å². The van der Waals surface area contributed by atoms with Crippen molar-refractivity contribution in [2.24, 2.45) is 0 Å². The molecule has 0 radical (unpaired) electrons. The Labute approximate surface area is 94.5 Å².